The van der Waals surface area contributed by atoms with Crippen LogP contribution in [0, 0.1) is 20.8 Å². The highest BCUT2D eigenvalue weighted by Crippen LogP contribution is 2.32. The molecular weight excluding hydrogens is 230 g/mol. The fraction of sp³-hybridized carbons (Fsp3) is 0.308. The van der Waals surface area contributed by atoms with Crippen molar-refractivity contribution in [2.45, 2.75) is 20.8 Å². The van der Waals surface area contributed by atoms with Crippen molar-refractivity contribution in [2.24, 2.45) is 0 Å². The van der Waals surface area contributed by atoms with Crippen LogP contribution in [0.25, 0.3) is 0 Å². The van der Waals surface area contributed by atoms with Crippen LogP contribution in [0.3, 0.4) is 0 Å². The van der Waals surface area contributed by atoms with Gasteiger partial charge in [0.05, 0.1) is 5.69 Å². The molecule has 0 fully saturated rings. The second kappa shape index (κ2) is 4.37. The van der Waals surface area contributed by atoms with Gasteiger partial charge in [-0.05, 0) is 44.5 Å². The molecule has 0 saturated heterocycles. The molecule has 3 nitrogen and oxygen atoms in total. The highest BCUT2D eigenvalue weighted by atomic mass is 32.1. The van der Waals surface area contributed by atoms with Gasteiger partial charge in [-0.15, -0.1) is 11.3 Å². The van der Waals surface area contributed by atoms with E-state index in [0.717, 1.165) is 27.8 Å². The highest BCUT2D eigenvalue weighted by molar-refractivity contribution is 7.15. The number of rotatable bonds is 2. The average Bonchev–Trinajstić information content (AvgIpc) is 2.58. The predicted octanol–water partition coefficient (Wildman–Crippen LogP) is 3.42. The monoisotopic (exact) mass is 247 g/mol. The number of nitrogen functional groups attached to an aromatic ring is 1. The summed E-state index contributed by atoms with van der Waals surface area (Å²) in [6.07, 6.45) is 0. The lowest BCUT2D eigenvalue weighted by molar-refractivity contribution is 1.12. The molecule has 90 valence electrons. The smallest absolute Gasteiger partial charge is 0.190 e. The molecule has 0 radical (unpaired) electrons. The molecule has 0 atom stereocenters. The Morgan fingerprint density at radius 2 is 1.94 bits per heavy atom. The van der Waals surface area contributed by atoms with Gasteiger partial charge in [-0.2, -0.15) is 0 Å². The van der Waals surface area contributed by atoms with Gasteiger partial charge in [0.15, 0.2) is 5.13 Å². The number of nitrogens with zero attached hydrogens (tertiary/aromatic N) is 2. The van der Waals surface area contributed by atoms with E-state index in [1.54, 1.807) is 11.3 Å². The molecule has 0 aliphatic heterocycles. The molecule has 0 unspecified atom stereocenters. The molecule has 4 heteroatoms. The number of hydrogen-bond acceptors (Lipinski definition) is 4. The molecule has 0 bridgehead atoms. The molecule has 2 N–H and O–H groups in total. The number of nitrogens with two attached hydrogens (primary N) is 1. The van der Waals surface area contributed by atoms with Gasteiger partial charge in [0.25, 0.3) is 0 Å². The molecule has 17 heavy (non-hydrogen) atoms. The maximum absolute atomic E-state index is 5.76. The van der Waals surface area contributed by atoms with E-state index < -0.39 is 0 Å². The van der Waals surface area contributed by atoms with Crippen molar-refractivity contribution in [3.8, 4) is 0 Å². The Hall–Kier alpha value is -1.55. The van der Waals surface area contributed by atoms with Gasteiger partial charge >= 0.3 is 0 Å². The zero-order valence-corrected chi connectivity index (χ0v) is 11.4. The molecule has 2 aromatic rings. The van der Waals surface area contributed by atoms with Gasteiger partial charge in [0, 0.05) is 23.3 Å². The summed E-state index contributed by atoms with van der Waals surface area (Å²) in [5, 5.41) is 1.02. The first-order valence-electron chi connectivity index (χ1n) is 5.53. The van der Waals surface area contributed by atoms with Gasteiger partial charge in [-0.1, -0.05) is 0 Å². The van der Waals surface area contributed by atoms with Crippen LogP contribution < -0.4 is 10.6 Å². The molecule has 0 spiro atoms. The standard InChI is InChI=1S/C13H17N3S/c1-8-7-11(14)5-6-12(8)16(4)13-15-9(2)10(3)17-13/h5-7H,14H2,1-4H3. The van der Waals surface area contributed by atoms with Crippen LogP contribution in [0.4, 0.5) is 16.5 Å². The third-order valence-corrected chi connectivity index (χ3v) is 4.04. The summed E-state index contributed by atoms with van der Waals surface area (Å²) in [5.41, 5.74) is 9.97. The Morgan fingerprint density at radius 1 is 1.24 bits per heavy atom. The van der Waals surface area contributed by atoms with E-state index in [1.807, 2.05) is 32.2 Å². The number of hydrogen-bond donors (Lipinski definition) is 1. The highest BCUT2D eigenvalue weighted by Gasteiger charge is 2.12. The molecule has 0 aliphatic carbocycles. The van der Waals surface area contributed by atoms with Crippen molar-refractivity contribution in [1.29, 1.82) is 0 Å². The van der Waals surface area contributed by atoms with E-state index in [0.29, 0.717) is 0 Å². The molecule has 1 heterocycles. The van der Waals surface area contributed by atoms with Gasteiger partial charge in [-0.3, -0.25) is 0 Å². The van der Waals surface area contributed by atoms with Crippen LogP contribution in [0.15, 0.2) is 18.2 Å². The molecule has 0 amide bonds. The number of anilines is 3. The Bertz CT molecular complexity index is 526. The Balaban J connectivity index is 2.39. The van der Waals surface area contributed by atoms with Gasteiger partial charge in [0.1, 0.15) is 0 Å². The maximum atomic E-state index is 5.76. The number of benzene rings is 1. The number of thiazole rings is 1. The Morgan fingerprint density at radius 3 is 2.47 bits per heavy atom. The lowest BCUT2D eigenvalue weighted by atomic mass is 10.1. The molecule has 1 aromatic heterocycles. The molecule has 1 aromatic carbocycles. The number of aryl methyl sites for hydroxylation is 3. The summed E-state index contributed by atoms with van der Waals surface area (Å²) in [4.78, 5) is 7.94. The Labute approximate surface area is 106 Å². The van der Waals surface area contributed by atoms with Gasteiger partial charge < -0.3 is 10.6 Å². The fourth-order valence-corrected chi connectivity index (χ4v) is 2.64. The zero-order chi connectivity index (χ0) is 12.6. The van der Waals surface area contributed by atoms with Crippen molar-refractivity contribution in [2.75, 3.05) is 17.7 Å². The number of aromatic nitrogens is 1. The van der Waals surface area contributed by atoms with Crippen LogP contribution in [-0.4, -0.2) is 12.0 Å². The summed E-state index contributed by atoms with van der Waals surface area (Å²) in [6, 6.07) is 5.95. The molecule has 0 saturated carbocycles. The van der Waals surface area contributed by atoms with Crippen LogP contribution in [0.2, 0.25) is 0 Å². The normalized spacial score (nSPS) is 10.6. The first-order chi connectivity index (χ1) is 7.99. The topological polar surface area (TPSA) is 42.1 Å². The first-order valence-corrected chi connectivity index (χ1v) is 6.34. The largest absolute Gasteiger partial charge is 0.399 e. The van der Waals surface area contributed by atoms with Crippen LogP contribution in [0.5, 0.6) is 0 Å². The quantitative estimate of drug-likeness (QED) is 0.827. The van der Waals surface area contributed by atoms with Crippen molar-refractivity contribution in [1.82, 2.24) is 4.98 Å². The van der Waals surface area contributed by atoms with E-state index >= 15 is 0 Å². The fourth-order valence-electron chi connectivity index (χ4n) is 1.76. The van der Waals surface area contributed by atoms with E-state index in [4.69, 9.17) is 5.73 Å². The van der Waals surface area contributed by atoms with Crippen molar-refractivity contribution in [3.63, 3.8) is 0 Å². The van der Waals surface area contributed by atoms with Gasteiger partial charge in [0.2, 0.25) is 0 Å². The van der Waals surface area contributed by atoms with Crippen molar-refractivity contribution < 1.29 is 0 Å². The first kappa shape index (κ1) is 11.9. The van der Waals surface area contributed by atoms with Crippen LogP contribution in [0.1, 0.15) is 16.1 Å². The minimum Gasteiger partial charge on any atom is -0.399 e. The lowest BCUT2D eigenvalue weighted by Crippen LogP contribution is -2.10. The van der Waals surface area contributed by atoms with Crippen LogP contribution >= 0.6 is 11.3 Å². The SMILES string of the molecule is Cc1cc(N)ccc1N(C)c1nc(C)c(C)s1. The van der Waals surface area contributed by atoms with E-state index in [9.17, 15) is 0 Å². The van der Waals surface area contributed by atoms with Crippen molar-refractivity contribution >= 4 is 27.8 Å². The predicted molar refractivity (Wildman–Crippen MR) is 75.2 cm³/mol. The minimum atomic E-state index is 0.797. The second-order valence-electron chi connectivity index (χ2n) is 4.24. The van der Waals surface area contributed by atoms with E-state index in [2.05, 4.69) is 23.7 Å². The molecule has 2 rings (SSSR count). The summed E-state index contributed by atoms with van der Waals surface area (Å²) in [7, 11) is 2.04. The summed E-state index contributed by atoms with van der Waals surface area (Å²) < 4.78 is 0. The summed E-state index contributed by atoms with van der Waals surface area (Å²) >= 11 is 1.71. The lowest BCUT2D eigenvalue weighted by Gasteiger charge is -2.18. The Kier molecular flexibility index (Phi) is 3.07. The minimum absolute atomic E-state index is 0.797. The van der Waals surface area contributed by atoms with E-state index in [-0.39, 0.29) is 0 Å². The molecule has 0 aliphatic rings. The zero-order valence-electron chi connectivity index (χ0n) is 10.6. The summed E-state index contributed by atoms with van der Waals surface area (Å²) in [5.74, 6) is 0. The maximum Gasteiger partial charge on any atom is 0.190 e. The molecular formula is C13H17N3S. The third-order valence-electron chi connectivity index (χ3n) is 2.89. The van der Waals surface area contributed by atoms with Gasteiger partial charge in [-0.25, -0.2) is 4.98 Å². The third kappa shape index (κ3) is 2.26. The van der Waals surface area contributed by atoms with Crippen molar-refractivity contribution in [3.05, 3.63) is 34.3 Å². The second-order valence-corrected chi connectivity index (χ2v) is 5.42. The average molecular weight is 247 g/mol. The van der Waals surface area contributed by atoms with E-state index in [1.165, 1.54) is 4.88 Å². The summed E-state index contributed by atoms with van der Waals surface area (Å²) in [6.45, 7) is 6.20. The van der Waals surface area contributed by atoms with Crippen LogP contribution in [-0.2, 0) is 0 Å².